The zero-order valence-corrected chi connectivity index (χ0v) is 10.5. The number of aliphatic hydroxyl groups is 1. The average Bonchev–Trinajstić information content (AvgIpc) is 2.75. The van der Waals surface area contributed by atoms with Gasteiger partial charge in [0.05, 0.1) is 6.61 Å². The molecule has 0 bridgehead atoms. The van der Waals surface area contributed by atoms with E-state index in [-0.39, 0.29) is 18.1 Å². The van der Waals surface area contributed by atoms with Crippen molar-refractivity contribution in [3.8, 4) is 0 Å². The summed E-state index contributed by atoms with van der Waals surface area (Å²) >= 11 is 0. The first kappa shape index (κ1) is 13.1. The van der Waals surface area contributed by atoms with Crippen LogP contribution in [0.5, 0.6) is 0 Å². The molecular formula is C14H20N2O2. The van der Waals surface area contributed by atoms with Crippen LogP contribution < -0.4 is 11.1 Å². The van der Waals surface area contributed by atoms with E-state index in [0.717, 1.165) is 31.2 Å². The Morgan fingerprint density at radius 1 is 1.39 bits per heavy atom. The fourth-order valence-corrected chi connectivity index (χ4v) is 2.53. The molecule has 0 radical (unpaired) electrons. The Hall–Kier alpha value is -1.39. The molecule has 0 aliphatic heterocycles. The molecule has 0 unspecified atom stereocenters. The highest BCUT2D eigenvalue weighted by molar-refractivity contribution is 5.91. The lowest BCUT2D eigenvalue weighted by Gasteiger charge is -2.22. The molecule has 18 heavy (non-hydrogen) atoms. The molecule has 1 fully saturated rings. The first-order valence-corrected chi connectivity index (χ1v) is 6.40. The van der Waals surface area contributed by atoms with Gasteiger partial charge >= 0.3 is 0 Å². The number of nitrogens with one attached hydrogen (secondary N) is 1. The van der Waals surface area contributed by atoms with Gasteiger partial charge in [-0.3, -0.25) is 4.79 Å². The third kappa shape index (κ3) is 3.31. The minimum Gasteiger partial charge on any atom is -0.392 e. The Kier molecular flexibility index (Phi) is 3.99. The van der Waals surface area contributed by atoms with E-state index < -0.39 is 0 Å². The van der Waals surface area contributed by atoms with Crippen molar-refractivity contribution in [3.05, 3.63) is 29.8 Å². The van der Waals surface area contributed by atoms with E-state index in [1.54, 1.807) is 6.07 Å². The Morgan fingerprint density at radius 3 is 2.78 bits per heavy atom. The molecule has 0 aromatic heterocycles. The first-order valence-electron chi connectivity index (χ1n) is 6.40. The van der Waals surface area contributed by atoms with Crippen molar-refractivity contribution in [2.75, 3.05) is 5.32 Å². The second-order valence-corrected chi connectivity index (χ2v) is 5.15. The third-order valence-electron chi connectivity index (χ3n) is 3.51. The largest absolute Gasteiger partial charge is 0.392 e. The Balaban J connectivity index is 1.94. The Bertz CT molecular complexity index is 426. The van der Waals surface area contributed by atoms with Gasteiger partial charge in [0.2, 0.25) is 5.91 Å². The summed E-state index contributed by atoms with van der Waals surface area (Å²) in [5, 5.41) is 11.9. The number of nitrogens with two attached hydrogens (primary N) is 1. The summed E-state index contributed by atoms with van der Waals surface area (Å²) in [6.07, 6.45) is 4.46. The number of hydrogen-bond acceptors (Lipinski definition) is 3. The van der Waals surface area contributed by atoms with Crippen LogP contribution in [0.2, 0.25) is 0 Å². The maximum absolute atomic E-state index is 11.9. The second kappa shape index (κ2) is 5.50. The molecule has 1 aliphatic carbocycles. The van der Waals surface area contributed by atoms with Crippen molar-refractivity contribution in [2.24, 2.45) is 5.73 Å². The van der Waals surface area contributed by atoms with Crippen LogP contribution >= 0.6 is 0 Å². The van der Waals surface area contributed by atoms with Crippen molar-refractivity contribution < 1.29 is 9.90 Å². The highest BCUT2D eigenvalue weighted by Gasteiger charge is 2.31. The molecule has 0 atom stereocenters. The normalized spacial score (nSPS) is 17.7. The van der Waals surface area contributed by atoms with Gasteiger partial charge in [-0.25, -0.2) is 0 Å². The van der Waals surface area contributed by atoms with Gasteiger partial charge in [0.15, 0.2) is 0 Å². The molecule has 1 aromatic carbocycles. The van der Waals surface area contributed by atoms with Crippen LogP contribution in [-0.2, 0) is 11.4 Å². The number of anilines is 1. The van der Waals surface area contributed by atoms with Gasteiger partial charge in [-0.2, -0.15) is 0 Å². The lowest BCUT2D eigenvalue weighted by Crippen LogP contribution is -2.40. The predicted molar refractivity (Wildman–Crippen MR) is 71.0 cm³/mol. The fourth-order valence-electron chi connectivity index (χ4n) is 2.53. The molecule has 2 rings (SSSR count). The fraction of sp³-hybridized carbons (Fsp3) is 0.500. The number of amides is 1. The number of carbonyl (C=O) groups excluding carboxylic acids is 1. The molecule has 0 saturated heterocycles. The van der Waals surface area contributed by atoms with Crippen molar-refractivity contribution in [1.29, 1.82) is 0 Å². The van der Waals surface area contributed by atoms with Crippen LogP contribution in [-0.4, -0.2) is 16.6 Å². The van der Waals surface area contributed by atoms with Crippen LogP contribution in [0.15, 0.2) is 24.3 Å². The van der Waals surface area contributed by atoms with Crippen LogP contribution in [0.25, 0.3) is 0 Å². The summed E-state index contributed by atoms with van der Waals surface area (Å²) in [6, 6.07) is 7.22. The van der Waals surface area contributed by atoms with Crippen molar-refractivity contribution in [1.82, 2.24) is 0 Å². The summed E-state index contributed by atoms with van der Waals surface area (Å²) < 4.78 is 0. The van der Waals surface area contributed by atoms with Gasteiger partial charge in [0.1, 0.15) is 0 Å². The number of carbonyl (C=O) groups is 1. The van der Waals surface area contributed by atoms with Crippen LogP contribution in [0.3, 0.4) is 0 Å². The van der Waals surface area contributed by atoms with Gasteiger partial charge < -0.3 is 16.2 Å². The molecule has 4 heteroatoms. The van der Waals surface area contributed by atoms with E-state index in [1.165, 1.54) is 0 Å². The zero-order chi connectivity index (χ0) is 13.0. The van der Waals surface area contributed by atoms with Crippen molar-refractivity contribution in [3.63, 3.8) is 0 Å². The van der Waals surface area contributed by atoms with E-state index in [2.05, 4.69) is 5.32 Å². The highest BCUT2D eigenvalue weighted by atomic mass is 16.3. The maximum atomic E-state index is 11.9. The summed E-state index contributed by atoms with van der Waals surface area (Å²) in [5.74, 6) is -0.0468. The molecule has 1 amide bonds. The molecule has 4 nitrogen and oxygen atoms in total. The third-order valence-corrected chi connectivity index (χ3v) is 3.51. The summed E-state index contributed by atoms with van der Waals surface area (Å²) in [7, 11) is 0. The topological polar surface area (TPSA) is 75.4 Å². The molecule has 0 spiro atoms. The highest BCUT2D eigenvalue weighted by Crippen LogP contribution is 2.30. The van der Waals surface area contributed by atoms with E-state index in [4.69, 9.17) is 10.8 Å². The number of aliphatic hydroxyl groups excluding tert-OH is 1. The second-order valence-electron chi connectivity index (χ2n) is 5.15. The van der Waals surface area contributed by atoms with E-state index in [9.17, 15) is 4.79 Å². The maximum Gasteiger partial charge on any atom is 0.226 e. The molecule has 1 aromatic rings. The number of rotatable bonds is 4. The average molecular weight is 248 g/mol. The van der Waals surface area contributed by atoms with E-state index in [1.807, 2.05) is 18.2 Å². The monoisotopic (exact) mass is 248 g/mol. The van der Waals surface area contributed by atoms with Crippen LogP contribution in [0, 0.1) is 0 Å². The summed E-state index contributed by atoms with van der Waals surface area (Å²) in [4.78, 5) is 11.9. The SMILES string of the molecule is NC1(CC(=O)Nc2cccc(CO)c2)CCCC1. The van der Waals surface area contributed by atoms with Crippen molar-refractivity contribution >= 4 is 11.6 Å². The minimum atomic E-state index is -0.321. The van der Waals surface area contributed by atoms with Crippen molar-refractivity contribution in [2.45, 2.75) is 44.2 Å². The Morgan fingerprint density at radius 2 is 2.11 bits per heavy atom. The number of hydrogen-bond donors (Lipinski definition) is 3. The number of benzene rings is 1. The van der Waals surface area contributed by atoms with Gasteiger partial charge in [0.25, 0.3) is 0 Å². The standard InChI is InChI=1S/C14H20N2O2/c15-14(6-1-2-7-14)9-13(18)16-12-5-3-4-11(8-12)10-17/h3-5,8,17H,1-2,6-7,9-10,15H2,(H,16,18). The van der Waals surface area contributed by atoms with E-state index in [0.29, 0.717) is 12.1 Å². The predicted octanol–water partition coefficient (Wildman–Crippen LogP) is 1.78. The minimum absolute atomic E-state index is 0.0233. The first-order chi connectivity index (χ1) is 8.61. The van der Waals surface area contributed by atoms with Crippen LogP contribution in [0.1, 0.15) is 37.7 Å². The van der Waals surface area contributed by atoms with Crippen LogP contribution in [0.4, 0.5) is 5.69 Å². The smallest absolute Gasteiger partial charge is 0.226 e. The molecule has 98 valence electrons. The lowest BCUT2D eigenvalue weighted by molar-refractivity contribution is -0.117. The zero-order valence-electron chi connectivity index (χ0n) is 10.5. The van der Waals surface area contributed by atoms with Gasteiger partial charge in [-0.05, 0) is 30.5 Å². The van der Waals surface area contributed by atoms with Gasteiger partial charge in [-0.15, -0.1) is 0 Å². The molecule has 4 N–H and O–H groups in total. The summed E-state index contributed by atoms with van der Waals surface area (Å²) in [5.41, 5.74) is 7.35. The molecule has 1 saturated carbocycles. The molecular weight excluding hydrogens is 228 g/mol. The van der Waals surface area contributed by atoms with Gasteiger partial charge in [-0.1, -0.05) is 25.0 Å². The van der Waals surface area contributed by atoms with E-state index >= 15 is 0 Å². The Labute approximate surface area is 107 Å². The lowest BCUT2D eigenvalue weighted by atomic mass is 9.94. The molecule has 0 heterocycles. The molecule has 1 aliphatic rings. The quantitative estimate of drug-likeness (QED) is 0.760. The van der Waals surface area contributed by atoms with Gasteiger partial charge in [0, 0.05) is 17.6 Å². The summed E-state index contributed by atoms with van der Waals surface area (Å²) in [6.45, 7) is -0.0233.